The molecule has 0 saturated carbocycles. The van der Waals surface area contributed by atoms with Gasteiger partial charge in [0, 0.05) is 25.5 Å². The van der Waals surface area contributed by atoms with Crippen LogP contribution in [0.3, 0.4) is 0 Å². The van der Waals surface area contributed by atoms with E-state index in [0.29, 0.717) is 5.96 Å². The van der Waals surface area contributed by atoms with Crippen LogP contribution in [-0.4, -0.2) is 28.8 Å². The number of guanidine groups is 1. The smallest absolute Gasteiger partial charge is 0.205 e. The van der Waals surface area contributed by atoms with Gasteiger partial charge in [-0.2, -0.15) is 5.10 Å². The molecule has 0 bridgehead atoms. The van der Waals surface area contributed by atoms with Gasteiger partial charge in [-0.15, -0.1) is 0 Å². The number of aliphatic imine (C=N–C) groups is 1. The molecule has 14 heavy (non-hydrogen) atoms. The first kappa shape index (κ1) is 10.5. The van der Waals surface area contributed by atoms with E-state index in [4.69, 9.17) is 5.84 Å². The first-order valence-corrected chi connectivity index (χ1v) is 4.43. The Morgan fingerprint density at radius 3 is 3.00 bits per heavy atom. The fourth-order valence-corrected chi connectivity index (χ4v) is 1.14. The van der Waals surface area contributed by atoms with Crippen LogP contribution in [0.15, 0.2) is 23.5 Å². The molecule has 0 spiro atoms. The first-order valence-electron chi connectivity index (χ1n) is 4.43. The van der Waals surface area contributed by atoms with Crippen molar-refractivity contribution >= 4 is 5.96 Å². The Balaban J connectivity index is 2.39. The van der Waals surface area contributed by atoms with E-state index in [0.717, 1.165) is 6.54 Å². The maximum Gasteiger partial charge on any atom is 0.205 e. The van der Waals surface area contributed by atoms with Crippen LogP contribution in [0.25, 0.3) is 0 Å². The van der Waals surface area contributed by atoms with Gasteiger partial charge in [0.25, 0.3) is 0 Å². The van der Waals surface area contributed by atoms with Crippen molar-refractivity contribution in [1.29, 1.82) is 0 Å². The van der Waals surface area contributed by atoms with E-state index in [-0.39, 0.29) is 6.04 Å². The Hall–Kier alpha value is -1.56. The maximum atomic E-state index is 5.24. The van der Waals surface area contributed by atoms with Gasteiger partial charge in [-0.1, -0.05) is 0 Å². The Bertz CT molecular complexity index is 278. The van der Waals surface area contributed by atoms with Crippen LogP contribution in [0.1, 0.15) is 6.92 Å². The van der Waals surface area contributed by atoms with Crippen LogP contribution in [0, 0.1) is 0 Å². The largest absolute Gasteiger partial charge is 0.351 e. The maximum absolute atomic E-state index is 5.24. The topological polar surface area (TPSA) is 80.3 Å². The van der Waals surface area contributed by atoms with Crippen LogP contribution in [-0.2, 0) is 6.54 Å². The zero-order valence-corrected chi connectivity index (χ0v) is 8.44. The minimum atomic E-state index is 0.213. The summed E-state index contributed by atoms with van der Waals surface area (Å²) in [6, 6.07) is 2.10. The number of aromatic nitrogens is 2. The monoisotopic (exact) mass is 196 g/mol. The van der Waals surface area contributed by atoms with E-state index in [1.54, 1.807) is 13.2 Å². The number of nitrogens with one attached hydrogen (secondary N) is 2. The Morgan fingerprint density at radius 2 is 2.50 bits per heavy atom. The second-order valence-corrected chi connectivity index (χ2v) is 2.99. The van der Waals surface area contributed by atoms with Gasteiger partial charge in [-0.25, -0.2) is 5.84 Å². The fraction of sp³-hybridized carbons (Fsp3) is 0.500. The standard InChI is InChI=1S/C8H16N6/c1-7(12-8(10-2)13-9)6-14-5-3-4-11-14/h3-5,7H,6,9H2,1-2H3,(H2,10,12,13). The van der Waals surface area contributed by atoms with Crippen molar-refractivity contribution in [3.8, 4) is 0 Å². The average Bonchev–Trinajstić information content (AvgIpc) is 2.66. The second-order valence-electron chi connectivity index (χ2n) is 2.99. The lowest BCUT2D eigenvalue weighted by Crippen LogP contribution is -2.46. The second kappa shape index (κ2) is 5.23. The van der Waals surface area contributed by atoms with Crippen molar-refractivity contribution in [1.82, 2.24) is 20.5 Å². The third-order valence-electron chi connectivity index (χ3n) is 1.76. The van der Waals surface area contributed by atoms with Gasteiger partial charge in [0.1, 0.15) is 0 Å². The zero-order valence-electron chi connectivity index (χ0n) is 8.44. The van der Waals surface area contributed by atoms with E-state index < -0.39 is 0 Å². The van der Waals surface area contributed by atoms with Crippen LogP contribution in [0.5, 0.6) is 0 Å². The highest BCUT2D eigenvalue weighted by molar-refractivity contribution is 5.79. The third-order valence-corrected chi connectivity index (χ3v) is 1.76. The first-order chi connectivity index (χ1) is 6.76. The molecule has 0 saturated heterocycles. The lowest BCUT2D eigenvalue weighted by molar-refractivity contribution is 0.501. The molecule has 6 heteroatoms. The van der Waals surface area contributed by atoms with E-state index in [1.165, 1.54) is 0 Å². The molecule has 0 aromatic carbocycles. The van der Waals surface area contributed by atoms with Crippen LogP contribution in [0.2, 0.25) is 0 Å². The molecule has 0 aliphatic carbocycles. The predicted molar refractivity (Wildman–Crippen MR) is 55.5 cm³/mol. The van der Waals surface area contributed by atoms with Crippen LogP contribution >= 0.6 is 0 Å². The van der Waals surface area contributed by atoms with E-state index >= 15 is 0 Å². The average molecular weight is 196 g/mol. The van der Waals surface area contributed by atoms with E-state index in [1.807, 2.05) is 23.9 Å². The molecule has 0 fully saturated rings. The number of nitrogens with two attached hydrogens (primary N) is 1. The molecular weight excluding hydrogens is 180 g/mol. The van der Waals surface area contributed by atoms with Crippen molar-refractivity contribution < 1.29 is 0 Å². The molecule has 1 atom stereocenters. The number of hydrogen-bond donors (Lipinski definition) is 3. The van der Waals surface area contributed by atoms with Gasteiger partial charge in [-0.05, 0) is 13.0 Å². The van der Waals surface area contributed by atoms with Gasteiger partial charge in [-0.3, -0.25) is 15.1 Å². The third kappa shape index (κ3) is 3.06. The SMILES string of the molecule is CN=C(NN)NC(C)Cn1cccn1. The summed E-state index contributed by atoms with van der Waals surface area (Å²) in [6.45, 7) is 2.80. The summed E-state index contributed by atoms with van der Waals surface area (Å²) in [7, 11) is 1.67. The van der Waals surface area contributed by atoms with E-state index in [2.05, 4.69) is 20.8 Å². The highest BCUT2D eigenvalue weighted by atomic mass is 15.3. The summed E-state index contributed by atoms with van der Waals surface area (Å²) < 4.78 is 1.85. The predicted octanol–water partition coefficient (Wildman–Crippen LogP) is -0.690. The summed E-state index contributed by atoms with van der Waals surface area (Å²) in [6.07, 6.45) is 3.67. The molecule has 4 N–H and O–H groups in total. The number of hydrazine groups is 1. The molecular formula is C8H16N6. The van der Waals surface area contributed by atoms with E-state index in [9.17, 15) is 0 Å². The van der Waals surface area contributed by atoms with Gasteiger partial charge >= 0.3 is 0 Å². The number of hydrogen-bond acceptors (Lipinski definition) is 3. The lowest BCUT2D eigenvalue weighted by atomic mass is 10.3. The molecule has 78 valence electrons. The van der Waals surface area contributed by atoms with Crippen LogP contribution in [0.4, 0.5) is 0 Å². The summed E-state index contributed by atoms with van der Waals surface area (Å²) >= 11 is 0. The molecule has 1 aromatic heterocycles. The van der Waals surface area contributed by atoms with Crippen molar-refractivity contribution in [2.45, 2.75) is 19.5 Å². The quantitative estimate of drug-likeness (QED) is 0.259. The minimum Gasteiger partial charge on any atom is -0.351 e. The molecule has 1 heterocycles. The van der Waals surface area contributed by atoms with Crippen molar-refractivity contribution in [3.63, 3.8) is 0 Å². The zero-order chi connectivity index (χ0) is 10.4. The van der Waals surface area contributed by atoms with Gasteiger partial charge < -0.3 is 5.32 Å². The fourth-order valence-electron chi connectivity index (χ4n) is 1.14. The summed E-state index contributed by atoms with van der Waals surface area (Å²) in [5.74, 6) is 5.81. The van der Waals surface area contributed by atoms with Crippen molar-refractivity contribution in [2.24, 2.45) is 10.8 Å². The molecule has 0 aliphatic heterocycles. The Kier molecular flexibility index (Phi) is 3.93. The van der Waals surface area contributed by atoms with Crippen molar-refractivity contribution in [3.05, 3.63) is 18.5 Å². The summed E-state index contributed by atoms with van der Waals surface area (Å²) in [4.78, 5) is 3.92. The normalized spacial score (nSPS) is 13.8. The molecule has 1 unspecified atom stereocenters. The van der Waals surface area contributed by atoms with Gasteiger partial charge in [0.2, 0.25) is 5.96 Å². The number of nitrogens with zero attached hydrogens (tertiary/aromatic N) is 3. The molecule has 1 aromatic rings. The lowest BCUT2D eigenvalue weighted by Gasteiger charge is -2.15. The highest BCUT2D eigenvalue weighted by Gasteiger charge is 2.04. The van der Waals surface area contributed by atoms with Gasteiger partial charge in [0.15, 0.2) is 0 Å². The van der Waals surface area contributed by atoms with Crippen molar-refractivity contribution in [2.75, 3.05) is 7.05 Å². The Labute approximate surface area is 83.2 Å². The number of rotatable bonds is 3. The minimum absolute atomic E-state index is 0.213. The van der Waals surface area contributed by atoms with Crippen LogP contribution < -0.4 is 16.6 Å². The Morgan fingerprint density at radius 1 is 1.71 bits per heavy atom. The summed E-state index contributed by atoms with van der Waals surface area (Å²) in [5, 5.41) is 7.21. The molecule has 0 aliphatic rings. The molecule has 0 radical (unpaired) electrons. The summed E-state index contributed by atoms with van der Waals surface area (Å²) in [5.41, 5.74) is 2.47. The molecule has 1 rings (SSSR count). The van der Waals surface area contributed by atoms with Gasteiger partial charge in [0.05, 0.1) is 6.54 Å². The highest BCUT2D eigenvalue weighted by Crippen LogP contribution is 1.89. The molecule has 6 nitrogen and oxygen atoms in total. The molecule has 0 amide bonds.